The van der Waals surface area contributed by atoms with Crippen LogP contribution in [0.2, 0.25) is 147 Å². The summed E-state index contributed by atoms with van der Waals surface area (Å²) in [7, 11) is -13.1. The molecule has 0 fully saturated rings. The molecule has 0 spiro atoms. The van der Waals surface area contributed by atoms with Gasteiger partial charge in [-0.3, -0.25) is 4.79 Å². The molecule has 0 saturated heterocycles. The molecule has 0 aliphatic rings. The van der Waals surface area contributed by atoms with Crippen LogP contribution in [0.4, 0.5) is 9.59 Å². The Morgan fingerprint density at radius 1 is 0.302 bits per heavy atom. The number of ketones is 1. The molecule has 3 aromatic rings. The zero-order valence-electron chi connectivity index (χ0n) is 79.5. The Hall–Kier alpha value is -3.68. The summed E-state index contributed by atoms with van der Waals surface area (Å²) in [6.45, 7) is 76.4. The van der Waals surface area contributed by atoms with Crippen molar-refractivity contribution in [2.24, 2.45) is 0 Å². The Balaban J connectivity index is 0.00000158. The molecule has 672 valence electrons. The van der Waals surface area contributed by atoms with Gasteiger partial charge in [0, 0.05) is 66.2 Å². The fourth-order valence-electron chi connectivity index (χ4n) is 14.3. The number of carbonyl (C=O) groups excluding carboxylic acids is 4. The van der Waals surface area contributed by atoms with Crippen LogP contribution in [-0.2, 0) is 69.2 Å². The molecule has 0 heterocycles. The fourth-order valence-corrected chi connectivity index (χ4v) is 40.1. The van der Waals surface area contributed by atoms with E-state index in [0.29, 0.717) is 61.8 Å². The summed E-state index contributed by atoms with van der Waals surface area (Å²) in [4.78, 5) is 48.1. The van der Waals surface area contributed by atoms with E-state index in [-0.39, 0.29) is 68.0 Å². The van der Waals surface area contributed by atoms with E-state index < -0.39 is 78.8 Å². The zero-order chi connectivity index (χ0) is 89.0. The van der Waals surface area contributed by atoms with Gasteiger partial charge in [0.05, 0.1) is 51.8 Å². The largest absolute Gasteiger partial charge is 0.508 e. The Morgan fingerprint density at radius 2 is 0.560 bits per heavy atom. The highest BCUT2D eigenvalue weighted by molar-refractivity contribution is 6.89. The van der Waals surface area contributed by atoms with Crippen LogP contribution in [0.15, 0.2) is 72.8 Å². The molecule has 28 heteroatoms. The first-order valence-electron chi connectivity index (χ1n) is 43.2. The molecule has 0 saturated carbocycles. The minimum atomic E-state index is -1.74. The Morgan fingerprint density at radius 3 is 0.862 bits per heavy atom. The monoisotopic (exact) mass is 1770 g/mol. The fraction of sp³-hybridized carbons (Fsp3) is 0.750. The van der Waals surface area contributed by atoms with E-state index in [4.69, 9.17) is 73.3 Å². The van der Waals surface area contributed by atoms with Gasteiger partial charge in [-0.2, -0.15) is 0 Å². The van der Waals surface area contributed by atoms with Crippen LogP contribution in [0.5, 0.6) is 11.5 Å². The third kappa shape index (κ3) is 59.1. The first kappa shape index (κ1) is 112. The molecule has 0 unspecified atom stereocenters. The van der Waals surface area contributed by atoms with Gasteiger partial charge in [0.2, 0.25) is 0 Å². The number of hydrogen-bond acceptors (Lipinski definition) is 20. The quantitative estimate of drug-likeness (QED) is 0.0169. The van der Waals surface area contributed by atoms with E-state index in [1.165, 1.54) is 16.8 Å². The van der Waals surface area contributed by atoms with Gasteiger partial charge < -0.3 is 73.3 Å². The summed E-state index contributed by atoms with van der Waals surface area (Å²) in [6.07, 6.45) is 6.32. The molecule has 3 aromatic carbocycles. The van der Waals surface area contributed by atoms with Crippen molar-refractivity contribution < 1.29 is 92.5 Å². The Labute approximate surface area is 715 Å². The molecular weight excluding hydrogens is 1600 g/mol. The maximum absolute atomic E-state index is 12.6. The van der Waals surface area contributed by atoms with Gasteiger partial charge in [0.25, 0.3) is 0 Å². The van der Waals surface area contributed by atoms with Gasteiger partial charge in [0.1, 0.15) is 24.7 Å². The Bertz CT molecular complexity index is 3000. The lowest BCUT2D eigenvalue weighted by atomic mass is 9.78. The molecule has 3 rings (SSSR count). The van der Waals surface area contributed by atoms with Crippen molar-refractivity contribution in [1.29, 1.82) is 0 Å². The predicted molar refractivity (Wildman–Crippen MR) is 498 cm³/mol. The topological polar surface area (TPSA) is 216 Å². The van der Waals surface area contributed by atoms with Gasteiger partial charge >= 0.3 is 18.3 Å². The van der Waals surface area contributed by atoms with Crippen molar-refractivity contribution in [2.45, 2.75) is 371 Å². The first-order valence-corrected chi connectivity index (χ1v) is 68.2. The van der Waals surface area contributed by atoms with Crippen molar-refractivity contribution in [3.8, 4) is 11.5 Å². The van der Waals surface area contributed by atoms with Crippen LogP contribution >= 0.6 is 0 Å². The second kappa shape index (κ2) is 56.2. The molecule has 0 aromatic heterocycles. The van der Waals surface area contributed by atoms with Crippen molar-refractivity contribution >= 4 is 90.6 Å². The normalized spacial score (nSPS) is 12.7. The maximum atomic E-state index is 12.6. The third-order valence-corrected chi connectivity index (χ3v) is 42.8. The number of Topliss-reactive ketones (excluding diaryl/α,β-unsaturated/α-hetero) is 1. The molecular formula is C88H168O20Si8. The highest BCUT2D eigenvalue weighted by Crippen LogP contribution is 2.34. The summed E-state index contributed by atoms with van der Waals surface area (Å²) in [5.74, 6) is 1.54. The van der Waals surface area contributed by atoms with E-state index in [9.17, 15) is 19.2 Å². The van der Waals surface area contributed by atoms with E-state index >= 15 is 0 Å². The van der Waals surface area contributed by atoms with Gasteiger partial charge in [-0.25, -0.2) is 14.4 Å². The molecule has 0 amide bonds. The number of ether oxygens (including phenoxy) is 8. The second-order valence-corrected chi connectivity index (χ2v) is 72.4. The van der Waals surface area contributed by atoms with Gasteiger partial charge in [-0.1, -0.05) is 50.2 Å². The number of esters is 1. The summed E-state index contributed by atoms with van der Waals surface area (Å²) in [5, 5.41) is 0. The smallest absolute Gasteiger partial charge is 0.494 e. The second-order valence-electron chi connectivity index (χ2n) is 38.0. The van der Waals surface area contributed by atoms with Crippen LogP contribution in [0.25, 0.3) is 0 Å². The van der Waals surface area contributed by atoms with Crippen LogP contribution in [0.1, 0.15) is 201 Å². The number of rotatable bonds is 54. The third-order valence-electron chi connectivity index (χ3n) is 17.8. The van der Waals surface area contributed by atoms with Crippen molar-refractivity contribution in [3.63, 3.8) is 0 Å². The van der Waals surface area contributed by atoms with E-state index in [1.807, 2.05) is 55.4 Å². The maximum Gasteiger partial charge on any atom is 0.508 e. The highest BCUT2D eigenvalue weighted by atomic mass is 28.4. The molecule has 0 aliphatic heterocycles. The van der Waals surface area contributed by atoms with Gasteiger partial charge in [-0.05, 0) is 344 Å². The predicted octanol–water partition coefficient (Wildman–Crippen LogP) is 24.4. The average Bonchev–Trinajstić information content (AvgIpc) is 0.801. The van der Waals surface area contributed by atoms with Crippen LogP contribution in [-0.4, -0.2) is 199 Å². The van der Waals surface area contributed by atoms with Crippen LogP contribution in [0, 0.1) is 0 Å². The summed E-state index contributed by atoms with van der Waals surface area (Å²) in [6, 6.07) is 29.9. The van der Waals surface area contributed by atoms with Crippen molar-refractivity contribution in [2.75, 3.05) is 59.5 Å². The average molecular weight is 1770 g/mol. The number of hydrogen-bond donors (Lipinski definition) is 0. The van der Waals surface area contributed by atoms with Gasteiger partial charge in [0.15, 0.2) is 72.3 Å². The standard InChI is InChI=1S/C31H52O4Si2.C24H42O5Si2.C22H46O9Si2.C11H28O2Si2/c1-25(2)34-36(7,8)23-11-21-32-29-17-13-27(14-18-29)31(5,6)28-15-19-30(20-16-28)33-22-12-24-37(9,10)35-26(3)4;1-19(2)28-30(5,6)16-10-14-23(25)21-12-9-13-22(18-21)24(26)27-15-11-17-31(7,8)29-20(3)4;1-19(2)30-32(5,6)17-9-11-26-21(23)28-15-13-25-14-16-29-22(24)27-12-10-18-33(7,8)31-20(3)4;1-10(2)12-14(5,6)9-15(7,8)13-11(3)4/h13-20,25-26H,11-12,21-24H2,1-10H3;9,12-13,18-20H,10-11,14-17H2,1-8H3;19-20H,9-18H2,1-8H3;10-11H,9H2,1-8H3. The van der Waals surface area contributed by atoms with E-state index in [0.717, 1.165) is 99.5 Å². The first-order chi connectivity index (χ1) is 53.4. The lowest BCUT2D eigenvalue weighted by Gasteiger charge is -2.34. The minimum Gasteiger partial charge on any atom is -0.494 e. The molecule has 20 nitrogen and oxygen atoms in total. The lowest BCUT2D eigenvalue weighted by Crippen LogP contribution is -2.46. The Kier molecular flexibility index (Phi) is 54.4. The van der Waals surface area contributed by atoms with Crippen LogP contribution < -0.4 is 9.47 Å². The molecule has 0 aliphatic carbocycles. The lowest BCUT2D eigenvalue weighted by molar-refractivity contribution is 0.00605. The molecule has 0 atom stereocenters. The van der Waals surface area contributed by atoms with Gasteiger partial charge in [-0.15, -0.1) is 0 Å². The number of carbonyl (C=O) groups is 4. The van der Waals surface area contributed by atoms with Crippen molar-refractivity contribution in [1.82, 2.24) is 0 Å². The van der Waals surface area contributed by atoms with Crippen molar-refractivity contribution in [3.05, 3.63) is 95.1 Å². The molecule has 116 heavy (non-hydrogen) atoms. The highest BCUT2D eigenvalue weighted by Gasteiger charge is 2.37. The van der Waals surface area contributed by atoms with E-state index in [2.05, 4.69) is 223 Å². The van der Waals surface area contributed by atoms with E-state index in [1.54, 1.807) is 24.3 Å². The zero-order valence-corrected chi connectivity index (χ0v) is 87.5. The SMILES string of the molecule is CC(C)O[Si](C)(C)CCCOC(=O)OCCOCCOC(=O)OCCC[Si](C)(C)OC(C)C.CC(C)O[Si](C)(C)CCCOC(=O)c1cccc(C(=O)CCC[Si](C)(C)OC(C)C)c1.CC(C)O[Si](C)(C)CCCOc1ccc(C(C)(C)c2ccc(OCCC[Si](C)(C)OC(C)C)cc2)cc1.CC(C)O[Si](C)(C)C[Si](C)(C)OC(C)C. The van der Waals surface area contributed by atoms with Crippen LogP contribution in [0.3, 0.4) is 0 Å². The molecule has 0 bridgehead atoms. The summed E-state index contributed by atoms with van der Waals surface area (Å²) >= 11 is 0. The minimum absolute atomic E-state index is 0.0579. The molecule has 0 radical (unpaired) electrons. The summed E-state index contributed by atoms with van der Waals surface area (Å²) < 4.78 is 90.9. The molecule has 0 N–H and O–H groups in total. The summed E-state index contributed by atoms with van der Waals surface area (Å²) in [5.41, 5.74) is 4.60. The number of benzene rings is 3.